The molecule has 12 aromatic rings. The van der Waals surface area contributed by atoms with Crippen LogP contribution in [0.15, 0.2) is 206 Å². The molecule has 0 fully saturated rings. The number of fused-ring (bicyclic) bond motifs is 6. The first kappa shape index (κ1) is 41.1. The molecular formula is C62H34N8. The standard InChI is InChI=1S/C62H34N8/c63-35-42-11-1-3-13-49(42)56-34-55(67-62(68-56)50-14-4-2-12-43(50)36-64)40-21-23-41(24-22-40)61-45(37-65)31-44(32-46(61)38-66)39-25-27-47(28-26-39)69-59-20-10-7-17-53(59)54-33-48(29-30-60(54)69)70-57-18-8-5-15-51(57)52-16-6-9-19-58(52)70/h1-34H. The zero-order chi connectivity index (χ0) is 47.3. The fraction of sp³-hybridized carbons (Fsp3) is 0. The predicted octanol–water partition coefficient (Wildman–Crippen LogP) is 14.5. The zero-order valence-corrected chi connectivity index (χ0v) is 37.2. The molecular weight excluding hydrogens is 857 g/mol. The lowest BCUT2D eigenvalue weighted by Crippen LogP contribution is -1.98. The van der Waals surface area contributed by atoms with Crippen LogP contribution in [0.1, 0.15) is 22.3 Å². The molecule has 0 saturated carbocycles. The van der Waals surface area contributed by atoms with Gasteiger partial charge in [-0.1, -0.05) is 121 Å². The van der Waals surface area contributed by atoms with E-state index < -0.39 is 0 Å². The topological polar surface area (TPSA) is 131 Å². The highest BCUT2D eigenvalue weighted by Gasteiger charge is 2.20. The molecule has 0 N–H and O–H groups in total. The summed E-state index contributed by atoms with van der Waals surface area (Å²) in [5, 5.41) is 45.8. The van der Waals surface area contributed by atoms with Crippen LogP contribution < -0.4 is 0 Å². The molecule has 12 rings (SSSR count). The van der Waals surface area contributed by atoms with Gasteiger partial charge in [-0.25, -0.2) is 9.97 Å². The fourth-order valence-corrected chi connectivity index (χ4v) is 9.92. The third-order valence-corrected chi connectivity index (χ3v) is 13.1. The van der Waals surface area contributed by atoms with Crippen LogP contribution in [0.4, 0.5) is 0 Å². The largest absolute Gasteiger partial charge is 0.309 e. The van der Waals surface area contributed by atoms with Crippen LogP contribution in [0.5, 0.6) is 0 Å². The molecule has 0 amide bonds. The Kier molecular flexibility index (Phi) is 9.86. The summed E-state index contributed by atoms with van der Waals surface area (Å²) in [5.74, 6) is 0.351. The van der Waals surface area contributed by atoms with Crippen molar-refractivity contribution in [2.45, 2.75) is 0 Å². The van der Waals surface area contributed by atoms with Gasteiger partial charge in [0.05, 0.1) is 80.0 Å². The molecule has 8 nitrogen and oxygen atoms in total. The van der Waals surface area contributed by atoms with Gasteiger partial charge in [-0.2, -0.15) is 21.0 Å². The number of nitrogens with zero attached hydrogens (tertiary/aromatic N) is 8. The first-order chi connectivity index (χ1) is 34.5. The number of hydrogen-bond acceptors (Lipinski definition) is 6. The number of aromatic nitrogens is 4. The van der Waals surface area contributed by atoms with Crippen LogP contribution in [0, 0.1) is 45.3 Å². The van der Waals surface area contributed by atoms with E-state index in [4.69, 9.17) is 9.97 Å². The fourth-order valence-electron chi connectivity index (χ4n) is 9.92. The number of rotatable bonds is 7. The minimum atomic E-state index is 0.351. The van der Waals surface area contributed by atoms with E-state index in [-0.39, 0.29) is 0 Å². The maximum Gasteiger partial charge on any atom is 0.161 e. The van der Waals surface area contributed by atoms with E-state index in [0.717, 1.165) is 60.9 Å². The molecule has 0 aliphatic rings. The van der Waals surface area contributed by atoms with Gasteiger partial charge < -0.3 is 9.13 Å². The second kappa shape index (κ2) is 16.8. The molecule has 0 unspecified atom stereocenters. The van der Waals surface area contributed by atoms with Crippen LogP contribution in [0.3, 0.4) is 0 Å². The first-order valence-corrected chi connectivity index (χ1v) is 22.6. The summed E-state index contributed by atoms with van der Waals surface area (Å²) in [6, 6.07) is 77.3. The van der Waals surface area contributed by atoms with E-state index in [0.29, 0.717) is 61.7 Å². The van der Waals surface area contributed by atoms with Gasteiger partial charge in [0, 0.05) is 55.2 Å². The Hall–Kier alpha value is -10.4. The lowest BCUT2D eigenvalue weighted by atomic mass is 9.90. The van der Waals surface area contributed by atoms with E-state index in [2.05, 4.69) is 137 Å². The van der Waals surface area contributed by atoms with Crippen molar-refractivity contribution in [3.05, 3.63) is 229 Å². The molecule has 0 radical (unpaired) electrons. The SMILES string of the molecule is N#Cc1ccccc1-c1cc(-c2ccc(-c3c(C#N)cc(-c4ccc(-n5c6ccccc6c6cc(-n7c8ccccc8c8ccccc87)ccc65)cc4)cc3C#N)cc2)nc(-c2ccccc2C#N)n1. The lowest BCUT2D eigenvalue weighted by Gasteiger charge is -2.13. The van der Waals surface area contributed by atoms with Gasteiger partial charge in [0.1, 0.15) is 0 Å². The third kappa shape index (κ3) is 6.73. The summed E-state index contributed by atoms with van der Waals surface area (Å²) in [5.41, 5.74) is 14.2. The molecule has 70 heavy (non-hydrogen) atoms. The Bertz CT molecular complexity index is 4120. The summed E-state index contributed by atoms with van der Waals surface area (Å²) < 4.78 is 4.64. The van der Waals surface area contributed by atoms with Crippen molar-refractivity contribution in [3.8, 4) is 91.8 Å². The molecule has 0 bridgehead atoms. The molecule has 9 aromatic carbocycles. The summed E-state index contributed by atoms with van der Waals surface area (Å²) in [7, 11) is 0. The molecule has 0 aliphatic carbocycles. The summed E-state index contributed by atoms with van der Waals surface area (Å²) in [6.45, 7) is 0. The Morgan fingerprint density at radius 3 is 1.36 bits per heavy atom. The Morgan fingerprint density at radius 1 is 0.314 bits per heavy atom. The van der Waals surface area contributed by atoms with E-state index in [9.17, 15) is 21.0 Å². The number of hydrogen-bond donors (Lipinski definition) is 0. The maximum atomic E-state index is 10.6. The minimum Gasteiger partial charge on any atom is -0.309 e. The third-order valence-electron chi connectivity index (χ3n) is 13.1. The highest BCUT2D eigenvalue weighted by Crippen LogP contribution is 2.39. The van der Waals surface area contributed by atoms with Gasteiger partial charge in [-0.3, -0.25) is 0 Å². The Labute approximate surface area is 402 Å². The average Bonchev–Trinajstić information content (AvgIpc) is 3.95. The van der Waals surface area contributed by atoms with Crippen molar-refractivity contribution in [1.82, 2.24) is 19.1 Å². The highest BCUT2D eigenvalue weighted by molar-refractivity contribution is 6.12. The molecule has 8 heteroatoms. The second-order valence-electron chi connectivity index (χ2n) is 17.0. The molecule has 0 atom stereocenters. The van der Waals surface area contributed by atoms with Gasteiger partial charge in [0.25, 0.3) is 0 Å². The quantitative estimate of drug-likeness (QED) is 0.157. The van der Waals surface area contributed by atoms with Crippen molar-refractivity contribution in [3.63, 3.8) is 0 Å². The molecule has 0 aliphatic heterocycles. The van der Waals surface area contributed by atoms with Gasteiger partial charge in [-0.15, -0.1) is 0 Å². The molecule has 0 spiro atoms. The molecule has 3 heterocycles. The van der Waals surface area contributed by atoms with E-state index in [1.807, 2.05) is 72.8 Å². The average molecular weight is 891 g/mol. The summed E-state index contributed by atoms with van der Waals surface area (Å²) >= 11 is 0. The van der Waals surface area contributed by atoms with Crippen LogP contribution in [0.2, 0.25) is 0 Å². The van der Waals surface area contributed by atoms with Gasteiger partial charge >= 0.3 is 0 Å². The predicted molar refractivity (Wildman–Crippen MR) is 277 cm³/mol. The number of benzene rings is 9. The van der Waals surface area contributed by atoms with Crippen molar-refractivity contribution in [2.75, 3.05) is 0 Å². The van der Waals surface area contributed by atoms with Gasteiger partial charge in [0.2, 0.25) is 0 Å². The van der Waals surface area contributed by atoms with Crippen LogP contribution in [-0.4, -0.2) is 19.1 Å². The van der Waals surface area contributed by atoms with E-state index in [1.165, 1.54) is 10.8 Å². The van der Waals surface area contributed by atoms with Gasteiger partial charge in [0.15, 0.2) is 5.82 Å². The summed E-state index contributed by atoms with van der Waals surface area (Å²) in [4.78, 5) is 9.75. The van der Waals surface area contributed by atoms with Crippen LogP contribution in [-0.2, 0) is 0 Å². The van der Waals surface area contributed by atoms with Crippen molar-refractivity contribution >= 4 is 43.6 Å². The minimum absolute atomic E-state index is 0.351. The maximum absolute atomic E-state index is 10.6. The van der Waals surface area contributed by atoms with Crippen molar-refractivity contribution in [2.24, 2.45) is 0 Å². The lowest BCUT2D eigenvalue weighted by molar-refractivity contribution is 1.17. The van der Waals surface area contributed by atoms with Crippen molar-refractivity contribution in [1.29, 1.82) is 21.0 Å². The monoisotopic (exact) mass is 890 g/mol. The first-order valence-electron chi connectivity index (χ1n) is 22.6. The van der Waals surface area contributed by atoms with E-state index in [1.54, 1.807) is 30.3 Å². The van der Waals surface area contributed by atoms with Crippen molar-refractivity contribution < 1.29 is 0 Å². The van der Waals surface area contributed by atoms with Crippen LogP contribution in [0.25, 0.3) is 111 Å². The van der Waals surface area contributed by atoms with E-state index >= 15 is 0 Å². The summed E-state index contributed by atoms with van der Waals surface area (Å²) in [6.07, 6.45) is 0. The van der Waals surface area contributed by atoms with Crippen LogP contribution >= 0.6 is 0 Å². The molecule has 3 aromatic heterocycles. The Balaban J connectivity index is 0.894. The van der Waals surface area contributed by atoms with Gasteiger partial charge in [-0.05, 0) is 102 Å². The smallest absolute Gasteiger partial charge is 0.161 e. The normalized spacial score (nSPS) is 11.1. The number of para-hydroxylation sites is 3. The Morgan fingerprint density at radius 2 is 0.757 bits per heavy atom. The zero-order valence-electron chi connectivity index (χ0n) is 37.2. The number of nitriles is 4. The molecule has 322 valence electrons. The highest BCUT2D eigenvalue weighted by atomic mass is 15.0. The second-order valence-corrected chi connectivity index (χ2v) is 17.0. The molecule has 0 saturated heterocycles.